The van der Waals surface area contributed by atoms with Crippen molar-refractivity contribution in [3.63, 3.8) is 0 Å². The largest absolute Gasteiger partial charge is 0.504 e. The van der Waals surface area contributed by atoms with Crippen LogP contribution in [0, 0.1) is 35.5 Å². The van der Waals surface area contributed by atoms with Gasteiger partial charge >= 0.3 is 35.8 Å². The van der Waals surface area contributed by atoms with Gasteiger partial charge in [-0.3, -0.25) is 14.4 Å². The lowest BCUT2D eigenvalue weighted by atomic mass is 9.83. The summed E-state index contributed by atoms with van der Waals surface area (Å²) in [5.41, 5.74) is 1.94. The van der Waals surface area contributed by atoms with Gasteiger partial charge in [0.1, 0.15) is 33.6 Å². The van der Waals surface area contributed by atoms with Gasteiger partial charge in [0.05, 0.1) is 47.5 Å². The Kier molecular flexibility index (Phi) is 49.1. The minimum Gasteiger partial charge on any atom is -0.504 e. The molecule has 5 aromatic rings. The van der Waals surface area contributed by atoms with Crippen LogP contribution in [0.1, 0.15) is 263 Å². The normalized spacial score (nSPS) is 16.4. The van der Waals surface area contributed by atoms with Crippen molar-refractivity contribution in [3.05, 3.63) is 143 Å². The summed E-state index contributed by atoms with van der Waals surface area (Å²) in [5.74, 6) is 1.70. The summed E-state index contributed by atoms with van der Waals surface area (Å²) >= 11 is 0. The van der Waals surface area contributed by atoms with E-state index < -0.39 is 39.8 Å². The number of hydrogen-bond acceptors (Lipinski definition) is 29. The van der Waals surface area contributed by atoms with Crippen molar-refractivity contribution < 1.29 is 111 Å². The number of phenols is 4. The van der Waals surface area contributed by atoms with E-state index in [-0.39, 0.29) is 94.5 Å². The number of rotatable bonds is 37. The number of ketones is 1. The van der Waals surface area contributed by atoms with Crippen LogP contribution in [0.4, 0.5) is 0 Å². The highest BCUT2D eigenvalue weighted by atomic mass is 16.6. The van der Waals surface area contributed by atoms with Gasteiger partial charge in [-0.1, -0.05) is 69.5 Å². The van der Waals surface area contributed by atoms with Crippen molar-refractivity contribution in [1.29, 1.82) is 0 Å². The van der Waals surface area contributed by atoms with Crippen LogP contribution in [-0.4, -0.2) is 221 Å². The van der Waals surface area contributed by atoms with E-state index in [4.69, 9.17) is 57.2 Å². The fraction of sp³-hybridized carbons (Fsp3) is 0.620. The molecule has 11 N–H and O–H groups in total. The molecule has 29 heteroatoms. The molecule has 6 heterocycles. The number of unbranched alkanes of at least 4 members (excludes halogenated alkanes) is 5. The second-order valence-corrected chi connectivity index (χ2v) is 39.7. The number of allylic oxidation sites excluding steroid dienone is 1. The second-order valence-electron chi connectivity index (χ2n) is 39.7. The smallest absolute Gasteiger partial charge is 0.375 e. The van der Waals surface area contributed by atoms with E-state index in [9.17, 15) is 54.0 Å². The Labute approximate surface area is 814 Å². The predicted molar refractivity (Wildman–Crippen MR) is 533 cm³/mol. The SMILES string of the molecule is CC(C)(OC(=O)/C=C/CCCCCCCO)C1CCNCC1.CC(C)c1ccc(C(=O)OC(C)(C)C2CCNCC2)cc1.COc1cc(CC(=O)C(=O)OC(C)(C)C2CCNCC2)ccc1O.COc1cc(CC(=O)OC(C)(C)C2CCNCC2)cc(OC)c1O.COc1cc(CCC(=O)OC(C)(C)C2CCNCC2)ccc1O.COc1ccc(/C=C/C(=O)OC(C)(C)C2CCNCC2)cc1O. The number of carbonyl (C=O) groups is 7. The Morgan fingerprint density at radius 3 is 1.15 bits per heavy atom. The first-order valence-corrected chi connectivity index (χ1v) is 49.2. The van der Waals surface area contributed by atoms with Gasteiger partial charge in [0.25, 0.3) is 0 Å². The summed E-state index contributed by atoms with van der Waals surface area (Å²) in [6, 6.07) is 25.7. The number of nitrogens with one attached hydrogen (secondary N) is 6. The Balaban J connectivity index is 0.000000252. The van der Waals surface area contributed by atoms with Gasteiger partial charge in [-0.25, -0.2) is 19.2 Å². The maximum absolute atomic E-state index is 12.4. The number of aliphatic hydroxyl groups excluding tert-OH is 1. The number of phenolic OH excluding ortho intramolecular Hbond substituents is 4. The number of aliphatic hydroxyl groups is 1. The molecule has 0 spiro atoms. The Morgan fingerprint density at radius 2 is 0.737 bits per heavy atom. The average Bonchev–Trinajstić information content (AvgIpc) is 0.819. The highest BCUT2D eigenvalue weighted by molar-refractivity contribution is 6.34. The van der Waals surface area contributed by atoms with E-state index in [1.54, 1.807) is 72.8 Å². The molecule has 0 aromatic heterocycles. The standard InChI is InChI=1S/C18H27NO5.C18H25NO5.C18H25NO4.C18H27NO4.C18H33NO3.C18H27NO2/c1-18(2,13-5-7-19-8-6-13)24-16(20)11-12-9-14(22-3)17(21)15(10-12)23-4;1-18(2,13-6-8-19-9-7-13)24-17(22)15(21)10-12-4-5-14(20)16(11-12)23-3;1-18(2,14-8-10-19-11-9-14)23-17(21)7-5-13-4-6-16(22-3)15(20)12-13;1-18(2,14-8-10-19-11-9-14)23-17(21)7-5-13-4-6-15(20)16(12-13)22-3;1-18(2,16-11-13-19-14-12-16)22-17(21)10-8-6-4-3-5-7-9-15-20;1-13(2)14-5-7-15(8-6-14)17(20)21-18(3,4)16-9-11-19-12-10-16/h9-10,13,19,21H,5-8,11H2,1-4H3;4-5,11,13,19-20H,6-10H2,1-3H3;4-7,12,14,19-20H,8-11H2,1-3H3;4,6,12,14,19-20H,5,7-11H2,1-3H3;8,10,16,19-20H,3-7,9,11-15H2,1-2H3;5-8,13,16,19H,9-12H2,1-4H3/b;;7-5+;;10-8+;. The number of Topliss-reactive ketones (excluding diaryl/α,β-unsaturated/α-hetero) is 1. The molecule has 6 aliphatic heterocycles. The van der Waals surface area contributed by atoms with E-state index >= 15 is 0 Å². The first-order chi connectivity index (χ1) is 65.0. The van der Waals surface area contributed by atoms with Crippen LogP contribution < -0.4 is 55.6 Å². The van der Waals surface area contributed by atoms with E-state index in [1.165, 1.54) is 53.3 Å². The summed E-state index contributed by atoms with van der Waals surface area (Å²) in [5, 5.41) is 67.4. The van der Waals surface area contributed by atoms with Crippen molar-refractivity contribution in [2.75, 3.05) is 121 Å². The molecule has 6 saturated heterocycles. The van der Waals surface area contributed by atoms with Crippen LogP contribution >= 0.6 is 0 Å². The van der Waals surface area contributed by atoms with Crippen LogP contribution in [0.15, 0.2) is 109 Å². The molecule has 29 nitrogen and oxygen atoms in total. The number of ether oxygens (including phenoxy) is 11. The first-order valence-electron chi connectivity index (χ1n) is 49.2. The predicted octanol–water partition coefficient (Wildman–Crippen LogP) is 16.4. The fourth-order valence-electron chi connectivity index (χ4n) is 17.9. The number of hydrogen-bond donors (Lipinski definition) is 11. The molecule has 5 aromatic carbocycles. The zero-order valence-electron chi connectivity index (χ0n) is 85.3. The van der Waals surface area contributed by atoms with Gasteiger partial charge in [0.15, 0.2) is 46.0 Å². The monoisotopic (exact) mass is 1910 g/mol. The summed E-state index contributed by atoms with van der Waals surface area (Å²) in [7, 11) is 7.34. The maximum Gasteiger partial charge on any atom is 0.375 e. The van der Waals surface area contributed by atoms with Gasteiger partial charge in [-0.05, 0) is 365 Å². The molecule has 6 fully saturated rings. The minimum atomic E-state index is -0.814. The lowest BCUT2D eigenvalue weighted by molar-refractivity contribution is -0.168. The average molecular weight is 1910 g/mol. The van der Waals surface area contributed by atoms with E-state index in [0.29, 0.717) is 88.7 Å². The third-order valence-electron chi connectivity index (χ3n) is 26.9. The zero-order valence-corrected chi connectivity index (χ0v) is 85.3. The van der Waals surface area contributed by atoms with Crippen LogP contribution in [0.2, 0.25) is 0 Å². The number of benzene rings is 5. The second kappa shape index (κ2) is 58.1. The van der Waals surface area contributed by atoms with Crippen molar-refractivity contribution in [2.45, 2.75) is 278 Å². The van der Waals surface area contributed by atoms with Gasteiger partial charge in [-0.15, -0.1) is 0 Å². The van der Waals surface area contributed by atoms with Crippen molar-refractivity contribution in [2.24, 2.45) is 35.5 Å². The molecule has 0 aliphatic carbocycles. The van der Waals surface area contributed by atoms with E-state index in [2.05, 4.69) is 45.7 Å². The van der Waals surface area contributed by atoms with Crippen LogP contribution in [0.25, 0.3) is 6.08 Å². The van der Waals surface area contributed by atoms with Crippen molar-refractivity contribution in [1.82, 2.24) is 31.9 Å². The van der Waals surface area contributed by atoms with Gasteiger partial charge in [0.2, 0.25) is 11.5 Å². The molecule has 0 bridgehead atoms. The molecule has 764 valence electrons. The van der Waals surface area contributed by atoms with Crippen LogP contribution in [0.5, 0.6) is 51.7 Å². The quantitative estimate of drug-likeness (QED) is 0.00578. The first kappa shape index (κ1) is 116. The molecule has 0 unspecified atom stereocenters. The molecule has 0 radical (unpaired) electrons. The lowest BCUT2D eigenvalue weighted by Gasteiger charge is -2.36. The molecule has 0 saturated carbocycles. The third kappa shape index (κ3) is 40.4. The molecular weight excluding hydrogens is 1750 g/mol. The van der Waals surface area contributed by atoms with E-state index in [0.717, 1.165) is 200 Å². The Bertz CT molecular complexity index is 4540. The number of aromatic hydroxyl groups is 4. The number of piperidine rings is 6. The fourth-order valence-corrected chi connectivity index (χ4v) is 17.9. The maximum atomic E-state index is 12.4. The van der Waals surface area contributed by atoms with Crippen molar-refractivity contribution >= 4 is 47.7 Å². The van der Waals surface area contributed by atoms with Gasteiger partial charge < -0.3 is 110 Å². The molecule has 137 heavy (non-hydrogen) atoms. The number of aryl methyl sites for hydroxylation is 1. The van der Waals surface area contributed by atoms with Crippen LogP contribution in [-0.2, 0) is 76.5 Å². The van der Waals surface area contributed by atoms with Crippen molar-refractivity contribution in [3.8, 4) is 51.7 Å². The number of methoxy groups -OCH3 is 5. The molecule has 0 atom stereocenters. The molecule has 6 aliphatic rings. The Morgan fingerprint density at radius 1 is 0.372 bits per heavy atom. The highest BCUT2D eigenvalue weighted by Crippen LogP contribution is 2.40. The summed E-state index contributed by atoms with van der Waals surface area (Å²) in [6.07, 6.45) is 25.9. The van der Waals surface area contributed by atoms with Crippen LogP contribution in [0.3, 0.4) is 0 Å². The zero-order chi connectivity index (χ0) is 101. The Hall–Kier alpha value is -10.0. The molecular formula is C108H164N6O23. The molecule has 0 amide bonds. The number of carbonyl (C=O) groups excluding carboxylic acids is 7. The van der Waals surface area contributed by atoms with E-state index in [1.807, 2.05) is 113 Å². The van der Waals surface area contributed by atoms with Gasteiger partial charge in [-0.2, -0.15) is 0 Å². The summed E-state index contributed by atoms with van der Waals surface area (Å²) in [6.45, 7) is 39.9. The lowest BCUT2D eigenvalue weighted by Crippen LogP contribution is -2.44. The summed E-state index contributed by atoms with van der Waals surface area (Å²) in [4.78, 5) is 85.2. The molecule has 11 rings (SSSR count). The topological polar surface area (TPSA) is 394 Å². The summed E-state index contributed by atoms with van der Waals surface area (Å²) < 4.78 is 59.4. The van der Waals surface area contributed by atoms with Gasteiger partial charge in [0, 0.05) is 67.1 Å². The number of esters is 6. The highest BCUT2D eigenvalue weighted by Gasteiger charge is 2.41. The minimum absolute atomic E-state index is 0.0108. The third-order valence-corrected chi connectivity index (χ3v) is 26.9.